The maximum atomic E-state index is 11.9. The van der Waals surface area contributed by atoms with Crippen molar-refractivity contribution in [3.05, 3.63) is 24.3 Å². The molecule has 1 aromatic carbocycles. The van der Waals surface area contributed by atoms with Gasteiger partial charge < -0.3 is 14.8 Å². The zero-order valence-corrected chi connectivity index (χ0v) is 12.9. The van der Waals surface area contributed by atoms with E-state index in [2.05, 4.69) is 12.2 Å². The molecule has 0 radical (unpaired) electrons. The predicted octanol–water partition coefficient (Wildman–Crippen LogP) is 3.16. The summed E-state index contributed by atoms with van der Waals surface area (Å²) >= 11 is 0. The Balaban J connectivity index is 1.75. The molecule has 21 heavy (non-hydrogen) atoms. The molecule has 2 atom stereocenters. The molecule has 0 spiro atoms. The van der Waals surface area contributed by atoms with Crippen molar-refractivity contribution in [2.75, 3.05) is 13.2 Å². The van der Waals surface area contributed by atoms with E-state index in [9.17, 15) is 4.79 Å². The first-order chi connectivity index (χ1) is 10.2. The van der Waals surface area contributed by atoms with E-state index in [1.165, 1.54) is 19.3 Å². The van der Waals surface area contributed by atoms with Gasteiger partial charge in [-0.15, -0.1) is 0 Å². The zero-order valence-electron chi connectivity index (χ0n) is 12.9. The minimum absolute atomic E-state index is 0.0392. The highest BCUT2D eigenvalue weighted by atomic mass is 16.5. The quantitative estimate of drug-likeness (QED) is 0.876. The molecule has 2 unspecified atom stereocenters. The van der Waals surface area contributed by atoms with Crippen LogP contribution in [0, 0.1) is 5.92 Å². The fourth-order valence-electron chi connectivity index (χ4n) is 2.73. The lowest BCUT2D eigenvalue weighted by atomic mass is 9.86. The second kappa shape index (κ2) is 7.91. The predicted molar refractivity (Wildman–Crippen MR) is 82.7 cm³/mol. The van der Waals surface area contributed by atoms with Gasteiger partial charge in [0.1, 0.15) is 11.5 Å². The molecule has 1 fully saturated rings. The minimum atomic E-state index is -0.0392. The van der Waals surface area contributed by atoms with E-state index in [4.69, 9.17) is 9.47 Å². The van der Waals surface area contributed by atoms with Crippen LogP contribution in [0.4, 0.5) is 0 Å². The molecule has 0 aliphatic heterocycles. The Labute approximate surface area is 126 Å². The second-order valence-corrected chi connectivity index (χ2v) is 5.63. The Hall–Kier alpha value is -1.71. The van der Waals surface area contributed by atoms with Gasteiger partial charge in [0.15, 0.2) is 6.61 Å². The molecule has 4 nitrogen and oxygen atoms in total. The van der Waals surface area contributed by atoms with E-state index in [-0.39, 0.29) is 12.5 Å². The number of carbonyl (C=O) groups excluding carboxylic acids is 1. The summed E-state index contributed by atoms with van der Waals surface area (Å²) < 4.78 is 10.9. The second-order valence-electron chi connectivity index (χ2n) is 5.63. The van der Waals surface area contributed by atoms with Crippen molar-refractivity contribution in [1.29, 1.82) is 0 Å². The number of carbonyl (C=O) groups is 1. The van der Waals surface area contributed by atoms with Crippen LogP contribution in [0.15, 0.2) is 24.3 Å². The Morgan fingerprint density at radius 2 is 1.76 bits per heavy atom. The van der Waals surface area contributed by atoms with E-state index >= 15 is 0 Å². The summed E-state index contributed by atoms with van der Waals surface area (Å²) in [6, 6.07) is 7.64. The third kappa shape index (κ3) is 4.96. The number of ether oxygens (including phenoxy) is 2. The van der Waals surface area contributed by atoms with Gasteiger partial charge in [0.2, 0.25) is 0 Å². The SMILES string of the molecule is CCOc1ccc(OCC(=O)NC2CCCCC2C)cc1. The molecule has 1 aromatic rings. The molecule has 1 amide bonds. The number of rotatable bonds is 6. The zero-order chi connectivity index (χ0) is 15.1. The largest absolute Gasteiger partial charge is 0.494 e. The van der Waals surface area contributed by atoms with Gasteiger partial charge in [-0.25, -0.2) is 0 Å². The standard InChI is InChI=1S/C17H25NO3/c1-3-20-14-8-10-15(11-9-14)21-12-17(19)18-16-7-5-4-6-13(16)2/h8-11,13,16H,3-7,12H2,1-2H3,(H,18,19). The molecule has 1 N–H and O–H groups in total. The number of hydrogen-bond donors (Lipinski definition) is 1. The molecule has 2 rings (SSSR count). The van der Waals surface area contributed by atoms with Gasteiger partial charge in [0.05, 0.1) is 6.61 Å². The normalized spacial score (nSPS) is 21.6. The Morgan fingerprint density at radius 3 is 2.38 bits per heavy atom. The number of nitrogens with one attached hydrogen (secondary N) is 1. The highest BCUT2D eigenvalue weighted by Gasteiger charge is 2.22. The highest BCUT2D eigenvalue weighted by Crippen LogP contribution is 2.23. The van der Waals surface area contributed by atoms with Crippen LogP contribution < -0.4 is 14.8 Å². The summed E-state index contributed by atoms with van der Waals surface area (Å²) in [6.07, 6.45) is 4.76. The van der Waals surface area contributed by atoms with Crippen molar-refractivity contribution in [2.24, 2.45) is 5.92 Å². The van der Waals surface area contributed by atoms with Crippen LogP contribution >= 0.6 is 0 Å². The average molecular weight is 291 g/mol. The fraction of sp³-hybridized carbons (Fsp3) is 0.588. The number of benzene rings is 1. The molecule has 116 valence electrons. The maximum Gasteiger partial charge on any atom is 0.258 e. The smallest absolute Gasteiger partial charge is 0.258 e. The van der Waals surface area contributed by atoms with Gasteiger partial charge in [-0.3, -0.25) is 4.79 Å². The Bertz CT molecular complexity index is 444. The van der Waals surface area contributed by atoms with Crippen molar-refractivity contribution < 1.29 is 14.3 Å². The molecule has 1 aliphatic rings. The van der Waals surface area contributed by atoms with Crippen LogP contribution in [0.1, 0.15) is 39.5 Å². The molecule has 1 saturated carbocycles. The van der Waals surface area contributed by atoms with Crippen LogP contribution in [0.5, 0.6) is 11.5 Å². The monoisotopic (exact) mass is 291 g/mol. The molecule has 1 aliphatic carbocycles. The molecular formula is C17H25NO3. The van der Waals surface area contributed by atoms with Gasteiger partial charge in [-0.2, -0.15) is 0 Å². The van der Waals surface area contributed by atoms with Crippen molar-refractivity contribution in [3.63, 3.8) is 0 Å². The topological polar surface area (TPSA) is 47.6 Å². The highest BCUT2D eigenvalue weighted by molar-refractivity contribution is 5.77. The van der Waals surface area contributed by atoms with E-state index < -0.39 is 0 Å². The molecule has 0 saturated heterocycles. The first-order valence-corrected chi connectivity index (χ1v) is 7.84. The number of hydrogen-bond acceptors (Lipinski definition) is 3. The first kappa shape index (κ1) is 15.7. The van der Waals surface area contributed by atoms with E-state index in [0.29, 0.717) is 24.3 Å². The van der Waals surface area contributed by atoms with Crippen molar-refractivity contribution in [3.8, 4) is 11.5 Å². The molecular weight excluding hydrogens is 266 g/mol. The summed E-state index contributed by atoms with van der Waals surface area (Å²) in [5, 5.41) is 3.08. The minimum Gasteiger partial charge on any atom is -0.494 e. The maximum absolute atomic E-state index is 11.9. The fourth-order valence-corrected chi connectivity index (χ4v) is 2.73. The lowest BCUT2D eigenvalue weighted by Gasteiger charge is -2.29. The third-order valence-electron chi connectivity index (χ3n) is 3.96. The van der Waals surface area contributed by atoms with Crippen molar-refractivity contribution in [2.45, 2.75) is 45.6 Å². The Morgan fingerprint density at radius 1 is 1.14 bits per heavy atom. The molecule has 0 heterocycles. The molecule has 4 heteroatoms. The third-order valence-corrected chi connectivity index (χ3v) is 3.96. The first-order valence-electron chi connectivity index (χ1n) is 7.84. The van der Waals surface area contributed by atoms with Crippen LogP contribution in [0.3, 0.4) is 0 Å². The summed E-state index contributed by atoms with van der Waals surface area (Å²) in [7, 11) is 0. The lowest BCUT2D eigenvalue weighted by molar-refractivity contribution is -0.124. The summed E-state index contributed by atoms with van der Waals surface area (Å²) in [4.78, 5) is 11.9. The Kier molecular flexibility index (Phi) is 5.90. The van der Waals surface area contributed by atoms with Gasteiger partial charge in [-0.1, -0.05) is 19.8 Å². The van der Waals surface area contributed by atoms with Crippen molar-refractivity contribution in [1.82, 2.24) is 5.32 Å². The summed E-state index contributed by atoms with van der Waals surface area (Å²) in [5.74, 6) is 2.02. The molecule has 0 aromatic heterocycles. The van der Waals surface area contributed by atoms with E-state index in [0.717, 1.165) is 12.2 Å². The lowest BCUT2D eigenvalue weighted by Crippen LogP contribution is -2.43. The average Bonchev–Trinajstić information content (AvgIpc) is 2.49. The van der Waals surface area contributed by atoms with Gasteiger partial charge in [0, 0.05) is 6.04 Å². The number of amides is 1. The van der Waals surface area contributed by atoms with Crippen LogP contribution in [0.25, 0.3) is 0 Å². The van der Waals surface area contributed by atoms with Crippen LogP contribution in [-0.4, -0.2) is 25.2 Å². The van der Waals surface area contributed by atoms with Crippen LogP contribution in [-0.2, 0) is 4.79 Å². The summed E-state index contributed by atoms with van der Waals surface area (Å²) in [6.45, 7) is 4.86. The van der Waals surface area contributed by atoms with E-state index in [1.54, 1.807) is 0 Å². The van der Waals surface area contributed by atoms with E-state index in [1.807, 2.05) is 31.2 Å². The van der Waals surface area contributed by atoms with Crippen molar-refractivity contribution >= 4 is 5.91 Å². The van der Waals surface area contributed by atoms with Gasteiger partial charge >= 0.3 is 0 Å². The summed E-state index contributed by atoms with van der Waals surface area (Å²) in [5.41, 5.74) is 0. The molecule has 0 bridgehead atoms. The van der Waals surface area contributed by atoms with Crippen LogP contribution in [0.2, 0.25) is 0 Å². The van der Waals surface area contributed by atoms with Gasteiger partial charge in [-0.05, 0) is 49.9 Å². The van der Waals surface area contributed by atoms with Gasteiger partial charge in [0.25, 0.3) is 5.91 Å².